The Morgan fingerprint density at radius 3 is 2.00 bits per heavy atom. The van der Waals surface area contributed by atoms with E-state index in [2.05, 4.69) is 0 Å². The molecule has 0 aliphatic carbocycles. The molecule has 0 heterocycles. The summed E-state index contributed by atoms with van der Waals surface area (Å²) in [6, 6.07) is 15.5. The van der Waals surface area contributed by atoms with Crippen LogP contribution in [0.15, 0.2) is 72.8 Å². The number of halogens is 3. The monoisotopic (exact) mass is 586 g/mol. The average Bonchev–Trinajstić information content (AvgIpc) is 2.96. The summed E-state index contributed by atoms with van der Waals surface area (Å²) in [5.41, 5.74) is 12.5. The van der Waals surface area contributed by atoms with Crippen molar-refractivity contribution < 1.29 is 41.7 Å². The molecule has 3 rings (SSSR count). The van der Waals surface area contributed by atoms with Crippen molar-refractivity contribution in [2.75, 3.05) is 38.0 Å². The van der Waals surface area contributed by atoms with Crippen LogP contribution >= 0.6 is 0 Å². The lowest BCUT2D eigenvalue weighted by molar-refractivity contribution is -0.185. The largest absolute Gasteiger partial charge is 0.494 e. The fraction of sp³-hybridized carbons (Fsp3) is 0.290. The third kappa shape index (κ3) is 10.7. The summed E-state index contributed by atoms with van der Waals surface area (Å²) in [5, 5.41) is 0. The first-order valence-electron chi connectivity index (χ1n) is 13.3. The molecular formula is C31H33F3N2O6. The van der Waals surface area contributed by atoms with Crippen LogP contribution in [0.3, 0.4) is 0 Å². The van der Waals surface area contributed by atoms with E-state index >= 15 is 0 Å². The van der Waals surface area contributed by atoms with E-state index in [1.165, 1.54) is 78.9 Å². The van der Waals surface area contributed by atoms with Gasteiger partial charge in [0.05, 0.1) is 37.6 Å². The average molecular weight is 587 g/mol. The number of anilines is 2. The van der Waals surface area contributed by atoms with Crippen LogP contribution in [0.4, 0.5) is 24.5 Å². The van der Waals surface area contributed by atoms with Crippen LogP contribution in [-0.2, 0) is 20.4 Å². The van der Waals surface area contributed by atoms with Crippen LogP contribution in [0.1, 0.15) is 47.2 Å². The first-order valence-corrected chi connectivity index (χ1v) is 13.3. The third-order valence-electron chi connectivity index (χ3n) is 5.75. The summed E-state index contributed by atoms with van der Waals surface area (Å²) in [6.45, 7) is 0.135. The number of esters is 2. The lowest BCUT2D eigenvalue weighted by Crippen LogP contribution is -2.21. The van der Waals surface area contributed by atoms with E-state index in [1.54, 1.807) is 0 Å². The van der Waals surface area contributed by atoms with E-state index < -0.39 is 24.7 Å². The molecule has 0 aliphatic rings. The predicted octanol–water partition coefficient (Wildman–Crippen LogP) is 6.30. The zero-order valence-corrected chi connectivity index (χ0v) is 22.9. The zero-order valence-electron chi connectivity index (χ0n) is 22.9. The first-order chi connectivity index (χ1) is 20.2. The number of hydrogen-bond acceptors (Lipinski definition) is 8. The molecule has 0 saturated heterocycles. The molecule has 0 aromatic heterocycles. The molecule has 0 fully saturated rings. The van der Waals surface area contributed by atoms with E-state index in [0.717, 1.165) is 0 Å². The van der Waals surface area contributed by atoms with Crippen LogP contribution in [0.2, 0.25) is 0 Å². The molecule has 0 aliphatic heterocycles. The number of hydrogen-bond donors (Lipinski definition) is 2. The normalized spacial score (nSPS) is 11.3. The van der Waals surface area contributed by atoms with Gasteiger partial charge in [0.15, 0.2) is 0 Å². The number of rotatable bonds is 16. The Balaban J connectivity index is 1.36. The quantitative estimate of drug-likeness (QED) is 0.0868. The van der Waals surface area contributed by atoms with Crippen molar-refractivity contribution in [1.82, 2.24) is 0 Å². The van der Waals surface area contributed by atoms with E-state index in [-0.39, 0.29) is 30.1 Å². The molecule has 0 spiro atoms. The van der Waals surface area contributed by atoms with Crippen molar-refractivity contribution in [2.45, 2.75) is 31.8 Å². The summed E-state index contributed by atoms with van der Waals surface area (Å²) in [7, 11) is 0. The van der Waals surface area contributed by atoms with Gasteiger partial charge >= 0.3 is 18.0 Å². The van der Waals surface area contributed by atoms with Gasteiger partial charge in [0.1, 0.15) is 11.5 Å². The van der Waals surface area contributed by atoms with Crippen LogP contribution < -0.4 is 20.9 Å². The molecule has 42 heavy (non-hydrogen) atoms. The smallest absolute Gasteiger partial charge is 0.426 e. The molecule has 11 heteroatoms. The molecule has 0 radical (unpaired) electrons. The molecule has 0 bridgehead atoms. The van der Waals surface area contributed by atoms with Crippen molar-refractivity contribution in [3.8, 4) is 11.5 Å². The van der Waals surface area contributed by atoms with Gasteiger partial charge < -0.3 is 30.4 Å². The molecule has 4 N–H and O–H groups in total. The van der Waals surface area contributed by atoms with Crippen molar-refractivity contribution in [3.05, 3.63) is 89.5 Å². The van der Waals surface area contributed by atoms with Gasteiger partial charge in [0.25, 0.3) is 0 Å². The zero-order chi connectivity index (χ0) is 30.4. The number of alkyl halides is 3. The number of carbonyl (C=O) groups is 2. The first kappa shape index (κ1) is 31.9. The van der Waals surface area contributed by atoms with Gasteiger partial charge in [-0.2, -0.15) is 8.78 Å². The topological polar surface area (TPSA) is 123 Å². The van der Waals surface area contributed by atoms with Crippen molar-refractivity contribution in [1.29, 1.82) is 0 Å². The van der Waals surface area contributed by atoms with Crippen molar-refractivity contribution in [3.63, 3.8) is 0 Å². The summed E-state index contributed by atoms with van der Waals surface area (Å²) >= 11 is 0. The molecule has 0 saturated carbocycles. The van der Waals surface area contributed by atoms with Crippen molar-refractivity contribution in [2.24, 2.45) is 0 Å². The second-order valence-electron chi connectivity index (χ2n) is 9.19. The minimum absolute atomic E-state index is 0.0637. The maximum absolute atomic E-state index is 14.6. The minimum Gasteiger partial charge on any atom is -0.494 e. The van der Waals surface area contributed by atoms with Crippen LogP contribution in [-0.4, -0.2) is 38.4 Å². The van der Waals surface area contributed by atoms with Gasteiger partial charge in [-0.15, -0.1) is 0 Å². The molecule has 0 atom stereocenters. The number of nitrogens with two attached hydrogens (primary N) is 2. The van der Waals surface area contributed by atoms with E-state index in [9.17, 15) is 22.8 Å². The lowest BCUT2D eigenvalue weighted by Gasteiger charge is -2.18. The van der Waals surface area contributed by atoms with Gasteiger partial charge in [-0.3, -0.25) is 4.39 Å². The van der Waals surface area contributed by atoms with E-state index in [1.807, 2.05) is 0 Å². The fourth-order valence-electron chi connectivity index (χ4n) is 3.62. The summed E-state index contributed by atoms with van der Waals surface area (Å²) in [5.74, 6) is -0.781. The third-order valence-corrected chi connectivity index (χ3v) is 5.75. The Labute approximate surface area is 242 Å². The highest BCUT2D eigenvalue weighted by molar-refractivity contribution is 5.91. The Bertz CT molecular complexity index is 1310. The molecule has 3 aromatic rings. The highest BCUT2D eigenvalue weighted by atomic mass is 19.3. The summed E-state index contributed by atoms with van der Waals surface area (Å²) in [6.07, 6.45) is 0.984. The van der Waals surface area contributed by atoms with Gasteiger partial charge in [0, 0.05) is 17.5 Å². The lowest BCUT2D eigenvalue weighted by atomic mass is 10.2. The summed E-state index contributed by atoms with van der Waals surface area (Å²) < 4.78 is 61.9. The Kier molecular flexibility index (Phi) is 12.1. The van der Waals surface area contributed by atoms with E-state index in [4.69, 9.17) is 30.4 Å². The SMILES string of the molecule is Nc1cc(N)cc(C(=O)OCCCCOC(=O)/C=C/c2ccc(OC(F)(F)c3ccc(OCCCCF)cc3)cc2)c1. The number of ether oxygens (including phenoxy) is 4. The Hall–Kier alpha value is -4.67. The number of carbonyl (C=O) groups excluding carboxylic acids is 2. The molecule has 8 nitrogen and oxygen atoms in total. The van der Waals surface area contributed by atoms with E-state index in [0.29, 0.717) is 55.0 Å². The van der Waals surface area contributed by atoms with Crippen LogP contribution in [0, 0.1) is 0 Å². The van der Waals surface area contributed by atoms with Crippen molar-refractivity contribution >= 4 is 29.4 Å². The predicted molar refractivity (Wildman–Crippen MR) is 153 cm³/mol. The molecular weight excluding hydrogens is 553 g/mol. The summed E-state index contributed by atoms with van der Waals surface area (Å²) in [4.78, 5) is 24.0. The van der Waals surface area contributed by atoms with Crippen LogP contribution in [0.5, 0.6) is 11.5 Å². The van der Waals surface area contributed by atoms with Gasteiger partial charge in [-0.05, 0) is 91.9 Å². The highest BCUT2D eigenvalue weighted by Gasteiger charge is 2.34. The molecule has 3 aromatic carbocycles. The van der Waals surface area contributed by atoms with Gasteiger partial charge in [-0.1, -0.05) is 12.1 Å². The number of unbranched alkanes of at least 4 members (excludes halogenated alkanes) is 2. The Morgan fingerprint density at radius 2 is 1.36 bits per heavy atom. The van der Waals surface area contributed by atoms with Gasteiger partial charge in [0.2, 0.25) is 0 Å². The van der Waals surface area contributed by atoms with Gasteiger partial charge in [-0.25, -0.2) is 9.59 Å². The van der Waals surface area contributed by atoms with Crippen LogP contribution in [0.25, 0.3) is 6.08 Å². The fourth-order valence-corrected chi connectivity index (χ4v) is 3.62. The molecule has 0 unspecified atom stereocenters. The second-order valence-corrected chi connectivity index (χ2v) is 9.19. The maximum Gasteiger partial charge on any atom is 0.426 e. The minimum atomic E-state index is -3.59. The highest BCUT2D eigenvalue weighted by Crippen LogP contribution is 2.32. The second kappa shape index (κ2) is 15.9. The number of benzene rings is 3. The molecule has 224 valence electrons. The Morgan fingerprint density at radius 1 is 0.762 bits per heavy atom. The molecule has 0 amide bonds. The number of nitrogen functional groups attached to an aromatic ring is 2. The standard InChI is InChI=1S/C31H33F3N2O6/c32-15-1-2-16-39-27-12-8-24(9-13-27)31(33,34)42-28-10-5-22(6-11-28)7-14-29(37)40-17-3-4-18-41-30(38)23-19-25(35)21-26(36)20-23/h5-14,19-21H,1-4,15-18,35-36H2/b14-7+. The maximum atomic E-state index is 14.6.